The molecule has 0 unspecified atom stereocenters. The van der Waals surface area contributed by atoms with Gasteiger partial charge in [-0.1, -0.05) is 18.2 Å². The van der Waals surface area contributed by atoms with Crippen LogP contribution in [0.1, 0.15) is 27.2 Å². The van der Waals surface area contributed by atoms with E-state index in [0.717, 1.165) is 30.3 Å². The minimum atomic E-state index is -0.00790. The van der Waals surface area contributed by atoms with Gasteiger partial charge in [-0.05, 0) is 48.2 Å². The van der Waals surface area contributed by atoms with Crippen molar-refractivity contribution in [3.63, 3.8) is 0 Å². The molecule has 0 radical (unpaired) electrons. The minimum Gasteiger partial charge on any atom is -0.356 e. The maximum Gasteiger partial charge on any atom is 0.261 e. The standard InChI is InChI=1S/C19H26N4OS2.HI/c1-14-7-8-15(17(12-14)25-3)13-23-19(20-2)22-10-5-9-21-18(24)16-6-4-11-26-16;/h4,6-8,11-12H,5,9-10,13H2,1-3H3,(H,21,24)(H2,20,22,23);1H. The Morgan fingerprint density at radius 1 is 1.19 bits per heavy atom. The highest BCUT2D eigenvalue weighted by molar-refractivity contribution is 14.0. The summed E-state index contributed by atoms with van der Waals surface area (Å²) >= 11 is 3.21. The third-order valence-electron chi connectivity index (χ3n) is 3.79. The molecule has 0 aliphatic rings. The summed E-state index contributed by atoms with van der Waals surface area (Å²) in [6, 6.07) is 10.2. The highest BCUT2D eigenvalue weighted by atomic mass is 127. The van der Waals surface area contributed by atoms with Gasteiger partial charge in [-0.2, -0.15) is 0 Å². The molecule has 0 spiro atoms. The van der Waals surface area contributed by atoms with Gasteiger partial charge in [0.05, 0.1) is 4.88 Å². The molecule has 0 bridgehead atoms. The highest BCUT2D eigenvalue weighted by Crippen LogP contribution is 2.21. The summed E-state index contributed by atoms with van der Waals surface area (Å²) in [6.45, 7) is 4.21. The SMILES string of the molecule is CN=C(NCCCNC(=O)c1cccs1)NCc1ccc(C)cc1SC.I. The molecule has 0 saturated carbocycles. The number of thiophene rings is 1. The van der Waals surface area contributed by atoms with E-state index in [0.29, 0.717) is 6.54 Å². The number of nitrogens with one attached hydrogen (secondary N) is 3. The Bertz CT molecular complexity index is 735. The van der Waals surface area contributed by atoms with Gasteiger partial charge < -0.3 is 16.0 Å². The molecular formula is C19H27IN4OS2. The Morgan fingerprint density at radius 2 is 1.96 bits per heavy atom. The van der Waals surface area contributed by atoms with Crippen molar-refractivity contribution in [2.45, 2.75) is 24.8 Å². The predicted molar refractivity (Wildman–Crippen MR) is 128 cm³/mol. The van der Waals surface area contributed by atoms with E-state index in [1.165, 1.54) is 27.4 Å². The zero-order chi connectivity index (χ0) is 18.8. The zero-order valence-corrected chi connectivity index (χ0v) is 19.8. The van der Waals surface area contributed by atoms with Crippen LogP contribution in [0, 0.1) is 6.92 Å². The lowest BCUT2D eigenvalue weighted by Gasteiger charge is -2.14. The second kappa shape index (κ2) is 13.0. The molecule has 0 fully saturated rings. The smallest absolute Gasteiger partial charge is 0.261 e. The van der Waals surface area contributed by atoms with Crippen molar-refractivity contribution in [3.05, 3.63) is 51.7 Å². The summed E-state index contributed by atoms with van der Waals surface area (Å²) in [6.07, 6.45) is 2.92. The van der Waals surface area contributed by atoms with Crippen LogP contribution < -0.4 is 16.0 Å². The van der Waals surface area contributed by atoms with Crippen molar-refractivity contribution in [1.82, 2.24) is 16.0 Å². The molecule has 5 nitrogen and oxygen atoms in total. The molecule has 2 aromatic rings. The summed E-state index contributed by atoms with van der Waals surface area (Å²) in [5.41, 5.74) is 2.53. The van der Waals surface area contributed by atoms with E-state index in [4.69, 9.17) is 0 Å². The van der Waals surface area contributed by atoms with E-state index in [1.807, 2.05) is 17.5 Å². The number of halogens is 1. The van der Waals surface area contributed by atoms with E-state index in [-0.39, 0.29) is 29.9 Å². The fourth-order valence-corrected chi connectivity index (χ4v) is 3.74. The monoisotopic (exact) mass is 518 g/mol. The minimum absolute atomic E-state index is 0. The van der Waals surface area contributed by atoms with Crippen molar-refractivity contribution in [3.8, 4) is 0 Å². The quantitative estimate of drug-likeness (QED) is 0.163. The van der Waals surface area contributed by atoms with E-state index < -0.39 is 0 Å². The van der Waals surface area contributed by atoms with Gasteiger partial charge in [0.25, 0.3) is 5.91 Å². The number of hydrogen-bond acceptors (Lipinski definition) is 4. The molecule has 1 heterocycles. The van der Waals surface area contributed by atoms with Gasteiger partial charge >= 0.3 is 0 Å². The normalized spacial score (nSPS) is 10.9. The Hall–Kier alpha value is -1.26. The summed E-state index contributed by atoms with van der Waals surface area (Å²) in [5, 5.41) is 11.5. The van der Waals surface area contributed by atoms with Crippen LogP contribution in [0.4, 0.5) is 0 Å². The maximum absolute atomic E-state index is 11.8. The van der Waals surface area contributed by atoms with Crippen LogP contribution in [0.3, 0.4) is 0 Å². The Labute approximate surface area is 186 Å². The summed E-state index contributed by atoms with van der Waals surface area (Å²) in [4.78, 5) is 18.1. The van der Waals surface area contributed by atoms with Crippen LogP contribution in [0.2, 0.25) is 0 Å². The first-order valence-corrected chi connectivity index (χ1v) is 10.6. The van der Waals surface area contributed by atoms with E-state index in [2.05, 4.69) is 52.3 Å². The average Bonchev–Trinajstić information content (AvgIpc) is 3.19. The number of carbonyl (C=O) groups excluding carboxylic acids is 1. The summed E-state index contributed by atoms with van der Waals surface area (Å²) in [5.74, 6) is 0.758. The van der Waals surface area contributed by atoms with Crippen molar-refractivity contribution in [2.24, 2.45) is 4.99 Å². The fourth-order valence-electron chi connectivity index (χ4n) is 2.39. The summed E-state index contributed by atoms with van der Waals surface area (Å²) in [7, 11) is 1.76. The van der Waals surface area contributed by atoms with E-state index in [1.54, 1.807) is 18.8 Å². The van der Waals surface area contributed by atoms with E-state index in [9.17, 15) is 4.79 Å². The number of hydrogen-bond donors (Lipinski definition) is 3. The number of amides is 1. The van der Waals surface area contributed by atoms with Gasteiger partial charge in [0, 0.05) is 31.6 Å². The maximum atomic E-state index is 11.8. The van der Waals surface area contributed by atoms with E-state index >= 15 is 0 Å². The van der Waals surface area contributed by atoms with Gasteiger partial charge in [-0.15, -0.1) is 47.1 Å². The first kappa shape index (κ1) is 23.8. The fraction of sp³-hybridized carbons (Fsp3) is 0.368. The second-order valence-electron chi connectivity index (χ2n) is 5.75. The average molecular weight is 518 g/mol. The van der Waals surface area contributed by atoms with Crippen LogP contribution in [-0.2, 0) is 6.54 Å². The zero-order valence-electron chi connectivity index (χ0n) is 15.9. The van der Waals surface area contributed by atoms with Crippen molar-refractivity contribution in [1.29, 1.82) is 0 Å². The number of carbonyl (C=O) groups is 1. The van der Waals surface area contributed by atoms with Gasteiger partial charge in [-0.25, -0.2) is 0 Å². The van der Waals surface area contributed by atoms with Gasteiger partial charge in [0.1, 0.15) is 0 Å². The van der Waals surface area contributed by atoms with Crippen molar-refractivity contribution >= 4 is 58.9 Å². The number of benzene rings is 1. The first-order chi connectivity index (χ1) is 12.6. The molecule has 148 valence electrons. The number of aliphatic imine (C=N–C) groups is 1. The molecule has 0 atom stereocenters. The Morgan fingerprint density at radius 3 is 2.63 bits per heavy atom. The lowest BCUT2D eigenvalue weighted by atomic mass is 10.1. The molecule has 2 rings (SSSR count). The Kier molecular flexibility index (Phi) is 11.5. The molecule has 8 heteroatoms. The van der Waals surface area contributed by atoms with Crippen LogP contribution in [-0.4, -0.2) is 38.3 Å². The second-order valence-corrected chi connectivity index (χ2v) is 7.55. The third kappa shape index (κ3) is 8.10. The van der Waals surface area contributed by atoms with Gasteiger partial charge in [0.15, 0.2) is 5.96 Å². The predicted octanol–water partition coefficient (Wildman–Crippen LogP) is 3.88. The topological polar surface area (TPSA) is 65.5 Å². The van der Waals surface area contributed by atoms with Crippen LogP contribution in [0.25, 0.3) is 0 Å². The number of aryl methyl sites for hydroxylation is 1. The molecule has 1 aromatic carbocycles. The lowest BCUT2D eigenvalue weighted by molar-refractivity contribution is 0.0957. The van der Waals surface area contributed by atoms with Gasteiger partial charge in [-0.3, -0.25) is 9.79 Å². The molecule has 1 amide bonds. The first-order valence-electron chi connectivity index (χ1n) is 8.53. The highest BCUT2D eigenvalue weighted by Gasteiger charge is 2.06. The van der Waals surface area contributed by atoms with Gasteiger partial charge in [0.2, 0.25) is 0 Å². The number of guanidine groups is 1. The largest absolute Gasteiger partial charge is 0.356 e. The molecule has 0 aliphatic carbocycles. The van der Waals surface area contributed by atoms with Crippen LogP contribution >= 0.6 is 47.1 Å². The number of thioether (sulfide) groups is 1. The van der Waals surface area contributed by atoms with Crippen molar-refractivity contribution in [2.75, 3.05) is 26.4 Å². The summed E-state index contributed by atoms with van der Waals surface area (Å²) < 4.78 is 0. The molecule has 0 saturated heterocycles. The number of rotatable bonds is 8. The molecular weight excluding hydrogens is 491 g/mol. The van der Waals surface area contributed by atoms with Crippen LogP contribution in [0.5, 0.6) is 0 Å². The lowest BCUT2D eigenvalue weighted by Crippen LogP contribution is -2.38. The third-order valence-corrected chi connectivity index (χ3v) is 5.48. The molecule has 0 aliphatic heterocycles. The van der Waals surface area contributed by atoms with Crippen LogP contribution in [0.15, 0.2) is 45.6 Å². The van der Waals surface area contributed by atoms with Crippen molar-refractivity contribution < 1.29 is 4.79 Å². The number of nitrogens with zero attached hydrogens (tertiary/aromatic N) is 1. The molecule has 1 aromatic heterocycles. The Balaban J connectivity index is 0.00000364. The molecule has 3 N–H and O–H groups in total. The molecule has 27 heavy (non-hydrogen) atoms.